The molecule has 2 N–H and O–H groups in total. The normalized spacial score (nSPS) is 9.80. The molecular formula is C7H9NO2. The lowest BCUT2D eigenvalue weighted by Crippen LogP contribution is -2.03. The summed E-state index contributed by atoms with van der Waals surface area (Å²) in [7, 11) is 0. The van der Waals surface area contributed by atoms with E-state index in [2.05, 4.69) is 4.98 Å². The van der Waals surface area contributed by atoms with Crippen molar-refractivity contribution in [1.29, 1.82) is 0 Å². The first kappa shape index (κ1) is 6.86. The summed E-state index contributed by atoms with van der Waals surface area (Å²) in [6.07, 6.45) is 0. The van der Waals surface area contributed by atoms with Crippen molar-refractivity contribution in [2.24, 2.45) is 0 Å². The van der Waals surface area contributed by atoms with E-state index in [9.17, 15) is 4.79 Å². The van der Waals surface area contributed by atoms with Crippen molar-refractivity contribution in [3.63, 3.8) is 0 Å². The molecule has 0 aliphatic heterocycles. The summed E-state index contributed by atoms with van der Waals surface area (Å²) < 4.78 is 0. The summed E-state index contributed by atoms with van der Waals surface area (Å²) in [6.45, 7) is 3.43. The molecule has 0 amide bonds. The fourth-order valence-corrected chi connectivity index (χ4v) is 0.841. The Hall–Kier alpha value is -1.25. The van der Waals surface area contributed by atoms with Gasteiger partial charge in [-0.15, -0.1) is 0 Å². The number of aromatic amines is 1. The molecular weight excluding hydrogens is 130 g/mol. The Morgan fingerprint density at radius 3 is 2.60 bits per heavy atom. The van der Waals surface area contributed by atoms with Gasteiger partial charge in [-0.25, -0.2) is 0 Å². The van der Waals surface area contributed by atoms with Crippen molar-refractivity contribution in [3.8, 4) is 5.75 Å². The van der Waals surface area contributed by atoms with Crippen LogP contribution in [0.2, 0.25) is 0 Å². The van der Waals surface area contributed by atoms with Gasteiger partial charge >= 0.3 is 0 Å². The van der Waals surface area contributed by atoms with Gasteiger partial charge in [-0.1, -0.05) is 0 Å². The monoisotopic (exact) mass is 139 g/mol. The van der Waals surface area contributed by atoms with Crippen LogP contribution in [0, 0.1) is 13.8 Å². The second kappa shape index (κ2) is 2.17. The molecule has 0 spiro atoms. The third-order valence-corrected chi connectivity index (χ3v) is 1.32. The quantitative estimate of drug-likeness (QED) is 0.555. The zero-order valence-corrected chi connectivity index (χ0v) is 5.93. The molecule has 54 valence electrons. The van der Waals surface area contributed by atoms with Crippen LogP contribution in [0.3, 0.4) is 0 Å². The van der Waals surface area contributed by atoms with E-state index in [0.29, 0.717) is 5.69 Å². The van der Waals surface area contributed by atoms with Crippen LogP contribution in [0.25, 0.3) is 0 Å². The molecule has 0 atom stereocenters. The highest BCUT2D eigenvalue weighted by Gasteiger charge is 1.99. The third kappa shape index (κ3) is 1.03. The van der Waals surface area contributed by atoms with Crippen LogP contribution >= 0.6 is 0 Å². The number of hydrogen-bond acceptors (Lipinski definition) is 2. The number of hydrogen-bond donors (Lipinski definition) is 2. The lowest BCUT2D eigenvalue weighted by molar-refractivity contribution is 0.462. The Morgan fingerprint density at radius 1 is 1.50 bits per heavy atom. The van der Waals surface area contributed by atoms with E-state index in [1.807, 2.05) is 0 Å². The first-order valence-corrected chi connectivity index (χ1v) is 3.01. The maximum atomic E-state index is 10.8. The van der Waals surface area contributed by atoms with Crippen LogP contribution in [-0.2, 0) is 0 Å². The predicted octanol–water partition coefficient (Wildman–Crippen LogP) is 0.697. The molecule has 0 aliphatic rings. The topological polar surface area (TPSA) is 53.1 Å². The predicted molar refractivity (Wildman–Crippen MR) is 38.2 cm³/mol. The van der Waals surface area contributed by atoms with Gasteiger partial charge < -0.3 is 10.1 Å². The third-order valence-electron chi connectivity index (χ3n) is 1.32. The van der Waals surface area contributed by atoms with Gasteiger partial charge in [0.1, 0.15) is 0 Å². The smallest absolute Gasteiger partial charge is 0.223 e. The molecule has 0 aromatic carbocycles. The van der Waals surface area contributed by atoms with Crippen molar-refractivity contribution in [3.05, 3.63) is 27.7 Å². The van der Waals surface area contributed by atoms with Crippen molar-refractivity contribution in [1.82, 2.24) is 4.98 Å². The van der Waals surface area contributed by atoms with E-state index < -0.39 is 0 Å². The molecule has 1 rings (SSSR count). The first-order valence-electron chi connectivity index (χ1n) is 3.01. The van der Waals surface area contributed by atoms with E-state index in [-0.39, 0.29) is 11.2 Å². The van der Waals surface area contributed by atoms with Crippen molar-refractivity contribution in [2.45, 2.75) is 13.8 Å². The van der Waals surface area contributed by atoms with E-state index >= 15 is 0 Å². The Balaban J connectivity index is 3.46. The second-order valence-electron chi connectivity index (χ2n) is 2.29. The second-order valence-corrected chi connectivity index (χ2v) is 2.29. The summed E-state index contributed by atoms with van der Waals surface area (Å²) in [6, 6.07) is 1.36. The van der Waals surface area contributed by atoms with Crippen molar-refractivity contribution >= 4 is 0 Å². The maximum absolute atomic E-state index is 10.8. The zero-order chi connectivity index (χ0) is 7.72. The average Bonchev–Trinajstić information content (AvgIpc) is 1.82. The van der Waals surface area contributed by atoms with Gasteiger partial charge in [0.05, 0.1) is 5.69 Å². The minimum atomic E-state index is -0.325. The largest absolute Gasteiger partial charge is 0.503 e. The van der Waals surface area contributed by atoms with Crippen LogP contribution in [-0.4, -0.2) is 10.1 Å². The number of rotatable bonds is 0. The first-order chi connectivity index (χ1) is 4.61. The van der Waals surface area contributed by atoms with E-state index in [0.717, 1.165) is 5.69 Å². The SMILES string of the molecule is Cc1cc(=O)c(O)c(C)[nH]1. The van der Waals surface area contributed by atoms with Gasteiger partial charge in [0, 0.05) is 11.8 Å². The molecule has 3 heteroatoms. The molecule has 0 fully saturated rings. The van der Waals surface area contributed by atoms with Gasteiger partial charge in [0.2, 0.25) is 5.43 Å². The van der Waals surface area contributed by atoms with Crippen LogP contribution in [0.15, 0.2) is 10.9 Å². The van der Waals surface area contributed by atoms with Gasteiger partial charge in [-0.05, 0) is 13.8 Å². The molecule has 1 aromatic rings. The molecule has 0 bridgehead atoms. The van der Waals surface area contributed by atoms with Crippen LogP contribution in [0.1, 0.15) is 11.4 Å². The molecule has 1 heterocycles. The number of aromatic nitrogens is 1. The van der Waals surface area contributed by atoms with Gasteiger partial charge in [-0.2, -0.15) is 0 Å². The van der Waals surface area contributed by atoms with Gasteiger partial charge in [0.15, 0.2) is 5.75 Å². The molecule has 0 saturated heterocycles. The lowest BCUT2D eigenvalue weighted by atomic mass is 10.3. The Kier molecular flexibility index (Phi) is 1.49. The summed E-state index contributed by atoms with van der Waals surface area (Å²) in [5.74, 6) is -0.189. The summed E-state index contributed by atoms with van der Waals surface area (Å²) >= 11 is 0. The fraction of sp³-hybridized carbons (Fsp3) is 0.286. The van der Waals surface area contributed by atoms with E-state index in [1.54, 1.807) is 13.8 Å². The highest BCUT2D eigenvalue weighted by atomic mass is 16.3. The Labute approximate surface area is 58.3 Å². The maximum Gasteiger partial charge on any atom is 0.223 e. The number of nitrogens with one attached hydrogen (secondary N) is 1. The van der Waals surface area contributed by atoms with E-state index in [1.165, 1.54) is 6.07 Å². The number of H-pyrrole nitrogens is 1. The summed E-state index contributed by atoms with van der Waals surface area (Å²) in [4.78, 5) is 13.6. The number of aromatic hydroxyl groups is 1. The highest BCUT2D eigenvalue weighted by molar-refractivity contribution is 5.26. The molecule has 0 unspecified atom stereocenters. The average molecular weight is 139 g/mol. The molecule has 10 heavy (non-hydrogen) atoms. The van der Waals surface area contributed by atoms with Crippen LogP contribution in [0.5, 0.6) is 5.75 Å². The van der Waals surface area contributed by atoms with Gasteiger partial charge in [-0.3, -0.25) is 4.79 Å². The van der Waals surface area contributed by atoms with Gasteiger partial charge in [0.25, 0.3) is 0 Å². The molecule has 0 radical (unpaired) electrons. The fourth-order valence-electron chi connectivity index (χ4n) is 0.841. The number of pyridine rings is 1. The number of aryl methyl sites for hydroxylation is 2. The van der Waals surface area contributed by atoms with Crippen LogP contribution in [0.4, 0.5) is 0 Å². The molecule has 0 saturated carbocycles. The molecule has 1 aromatic heterocycles. The zero-order valence-electron chi connectivity index (χ0n) is 5.93. The lowest BCUT2D eigenvalue weighted by Gasteiger charge is -1.97. The van der Waals surface area contributed by atoms with Crippen molar-refractivity contribution < 1.29 is 5.11 Å². The van der Waals surface area contributed by atoms with Crippen molar-refractivity contribution in [2.75, 3.05) is 0 Å². The minimum Gasteiger partial charge on any atom is -0.503 e. The van der Waals surface area contributed by atoms with E-state index in [4.69, 9.17) is 5.11 Å². The summed E-state index contributed by atoms with van der Waals surface area (Å²) in [5.41, 5.74) is 0.957. The Morgan fingerprint density at radius 2 is 2.10 bits per heavy atom. The summed E-state index contributed by atoms with van der Waals surface area (Å²) in [5, 5.41) is 8.99. The molecule has 0 aliphatic carbocycles. The minimum absolute atomic E-state index is 0.189. The van der Waals surface area contributed by atoms with Crippen LogP contribution < -0.4 is 5.43 Å². The highest BCUT2D eigenvalue weighted by Crippen LogP contribution is 2.05. The Bertz CT molecular complexity index is 301. The standard InChI is InChI=1S/C7H9NO2/c1-4-3-6(9)7(10)5(2)8-4/h3,10H,1-2H3,(H,8,9). The molecule has 3 nitrogen and oxygen atoms in total.